The number of nitriles is 1. The van der Waals surface area contributed by atoms with Gasteiger partial charge in [-0.25, -0.2) is 0 Å². The Morgan fingerprint density at radius 2 is 1.71 bits per heavy atom. The third-order valence-electron chi connectivity index (χ3n) is 5.38. The van der Waals surface area contributed by atoms with Crippen LogP contribution in [0.4, 0.5) is 0 Å². The minimum Gasteiger partial charge on any atom is -0.490 e. The van der Waals surface area contributed by atoms with Gasteiger partial charge >= 0.3 is 0 Å². The molecule has 1 heterocycles. The Kier molecular flexibility index (Phi) is 7.80. The first kappa shape index (κ1) is 24.5. The van der Waals surface area contributed by atoms with Crippen molar-refractivity contribution in [2.75, 3.05) is 13.2 Å². The van der Waals surface area contributed by atoms with Crippen LogP contribution in [0.25, 0.3) is 5.70 Å². The normalized spacial score (nSPS) is 15.0. The summed E-state index contributed by atoms with van der Waals surface area (Å²) < 4.78 is 12.1. The lowest BCUT2D eigenvalue weighted by Crippen LogP contribution is -2.45. The molecule has 1 unspecified atom stereocenters. The fourth-order valence-corrected chi connectivity index (χ4v) is 4.65. The van der Waals surface area contributed by atoms with Crippen LogP contribution < -0.4 is 20.1 Å². The molecule has 1 aliphatic heterocycles. The van der Waals surface area contributed by atoms with Crippen LogP contribution in [0.15, 0.2) is 82.8 Å². The maximum Gasteiger partial charge on any atom is 0.193 e. The van der Waals surface area contributed by atoms with Gasteiger partial charge in [0.25, 0.3) is 0 Å². The molecule has 0 fully saturated rings. The number of hydrogen-bond donors (Lipinski definition) is 2. The van der Waals surface area contributed by atoms with Crippen molar-refractivity contribution in [2.45, 2.75) is 13.0 Å². The van der Waals surface area contributed by atoms with Crippen molar-refractivity contribution in [2.24, 2.45) is 0 Å². The SMILES string of the molecule is CCOc1cc(C2NC(=S)NC(c3ccccc3)=C2C(=O)c2ccccc2)c(Br)cc1OCC#N. The van der Waals surface area contributed by atoms with Gasteiger partial charge in [0.15, 0.2) is 29.0 Å². The van der Waals surface area contributed by atoms with E-state index in [1.54, 1.807) is 18.2 Å². The number of halogens is 1. The molecule has 0 saturated carbocycles. The molecule has 0 spiro atoms. The highest BCUT2D eigenvalue weighted by atomic mass is 79.9. The maximum absolute atomic E-state index is 13.9. The van der Waals surface area contributed by atoms with Crippen molar-refractivity contribution in [3.05, 3.63) is 99.5 Å². The van der Waals surface area contributed by atoms with Crippen LogP contribution in [0.5, 0.6) is 11.5 Å². The highest BCUT2D eigenvalue weighted by Crippen LogP contribution is 2.41. The molecule has 0 radical (unpaired) electrons. The Morgan fingerprint density at radius 1 is 1.06 bits per heavy atom. The molecule has 176 valence electrons. The first-order chi connectivity index (χ1) is 17.0. The minimum absolute atomic E-state index is 0.114. The zero-order chi connectivity index (χ0) is 24.8. The summed E-state index contributed by atoms with van der Waals surface area (Å²) in [6.45, 7) is 2.16. The number of Topliss-reactive ketones (excluding diaryl/α,β-unsaturated/α-hetero) is 1. The number of benzene rings is 3. The molecule has 0 aliphatic carbocycles. The second-order valence-corrected chi connectivity index (χ2v) is 8.84. The molecule has 1 atom stereocenters. The summed E-state index contributed by atoms with van der Waals surface area (Å²) in [5.41, 5.74) is 3.31. The van der Waals surface area contributed by atoms with Gasteiger partial charge in [0, 0.05) is 10.0 Å². The zero-order valence-corrected chi connectivity index (χ0v) is 21.3. The molecule has 4 rings (SSSR count). The molecule has 35 heavy (non-hydrogen) atoms. The summed E-state index contributed by atoms with van der Waals surface area (Å²) in [5, 5.41) is 15.8. The molecule has 0 amide bonds. The standard InChI is InChI=1S/C27H22BrN3O3S/c1-2-33-21-15-19(20(28)16-22(21)34-14-13-29)25-23(26(32)18-11-7-4-8-12-18)24(30-27(35)31-25)17-9-5-3-6-10-17/h3-12,15-16,25H,2,14H2,1H3,(H2,30,31,35). The molecule has 0 saturated heterocycles. The number of thiocarbonyl (C=S) groups is 1. The molecule has 2 N–H and O–H groups in total. The second kappa shape index (κ2) is 11.2. The number of nitrogens with one attached hydrogen (secondary N) is 2. The quantitative estimate of drug-likeness (QED) is 0.282. The third-order valence-corrected chi connectivity index (χ3v) is 6.29. The van der Waals surface area contributed by atoms with E-state index < -0.39 is 6.04 Å². The first-order valence-electron chi connectivity index (χ1n) is 11.0. The van der Waals surface area contributed by atoms with Crippen LogP contribution in [0, 0.1) is 11.3 Å². The Hall–Kier alpha value is -3.67. The summed E-state index contributed by atoms with van der Waals surface area (Å²) in [6.07, 6.45) is 0. The van der Waals surface area contributed by atoms with Gasteiger partial charge in [-0.2, -0.15) is 5.26 Å². The largest absolute Gasteiger partial charge is 0.490 e. The molecule has 0 bridgehead atoms. The van der Waals surface area contributed by atoms with Crippen molar-refractivity contribution < 1.29 is 14.3 Å². The van der Waals surface area contributed by atoms with Crippen LogP contribution >= 0.6 is 28.1 Å². The molecule has 1 aliphatic rings. The first-order valence-corrected chi connectivity index (χ1v) is 12.2. The summed E-state index contributed by atoms with van der Waals surface area (Å²) >= 11 is 9.18. The Bertz CT molecular complexity index is 1320. The smallest absolute Gasteiger partial charge is 0.193 e. The number of hydrogen-bond acceptors (Lipinski definition) is 5. The van der Waals surface area contributed by atoms with Crippen molar-refractivity contribution >= 4 is 44.7 Å². The van der Waals surface area contributed by atoms with Gasteiger partial charge in [-0.15, -0.1) is 0 Å². The molecule has 3 aromatic carbocycles. The number of carbonyl (C=O) groups excluding carboxylic acids is 1. The Morgan fingerprint density at radius 3 is 2.37 bits per heavy atom. The van der Waals surface area contributed by atoms with Crippen molar-refractivity contribution in [1.82, 2.24) is 10.6 Å². The third kappa shape index (κ3) is 5.37. The van der Waals surface area contributed by atoms with Crippen LogP contribution in [0.2, 0.25) is 0 Å². The summed E-state index contributed by atoms with van der Waals surface area (Å²) in [6, 6.07) is 23.7. The van der Waals surface area contributed by atoms with Crippen molar-refractivity contribution in [3.63, 3.8) is 0 Å². The van der Waals surface area contributed by atoms with Gasteiger partial charge in [0.2, 0.25) is 0 Å². The molecule has 0 aromatic heterocycles. The molecular formula is C27H22BrN3O3S. The molecule has 8 heteroatoms. The molecule has 3 aromatic rings. The van der Waals surface area contributed by atoms with E-state index in [4.69, 9.17) is 27.0 Å². The second-order valence-electron chi connectivity index (χ2n) is 7.58. The number of rotatable bonds is 8. The van der Waals surface area contributed by atoms with Crippen molar-refractivity contribution in [1.29, 1.82) is 5.26 Å². The van der Waals surface area contributed by atoms with Crippen molar-refractivity contribution in [3.8, 4) is 17.6 Å². The lowest BCUT2D eigenvalue weighted by molar-refractivity contribution is 0.102. The maximum atomic E-state index is 13.9. The highest BCUT2D eigenvalue weighted by molar-refractivity contribution is 9.10. The van der Waals surface area contributed by atoms with E-state index >= 15 is 0 Å². The van der Waals surface area contributed by atoms with Gasteiger partial charge < -0.3 is 20.1 Å². The van der Waals surface area contributed by atoms with Crippen LogP contribution in [0.3, 0.4) is 0 Å². The minimum atomic E-state index is -0.578. The fourth-order valence-electron chi connectivity index (χ4n) is 3.88. The monoisotopic (exact) mass is 547 g/mol. The molecule has 6 nitrogen and oxygen atoms in total. The zero-order valence-electron chi connectivity index (χ0n) is 18.9. The summed E-state index contributed by atoms with van der Waals surface area (Å²) in [7, 11) is 0. The average Bonchev–Trinajstić information content (AvgIpc) is 2.89. The van der Waals surface area contributed by atoms with Crippen LogP contribution in [0.1, 0.15) is 34.5 Å². The van der Waals surface area contributed by atoms with Crippen LogP contribution in [-0.2, 0) is 0 Å². The number of carbonyl (C=O) groups is 1. The van der Waals surface area contributed by atoms with Gasteiger partial charge in [-0.3, -0.25) is 4.79 Å². The van der Waals surface area contributed by atoms with E-state index in [0.717, 1.165) is 11.1 Å². The van der Waals surface area contributed by atoms with E-state index in [1.807, 2.05) is 67.6 Å². The van der Waals surface area contributed by atoms with Gasteiger partial charge in [0.05, 0.1) is 23.9 Å². The molecular weight excluding hydrogens is 526 g/mol. The average molecular weight is 548 g/mol. The Balaban J connectivity index is 1.92. The topological polar surface area (TPSA) is 83.4 Å². The number of ether oxygens (including phenoxy) is 2. The van der Waals surface area contributed by atoms with Crippen LogP contribution in [-0.4, -0.2) is 24.1 Å². The lowest BCUT2D eigenvalue weighted by Gasteiger charge is -2.32. The van der Waals surface area contributed by atoms with E-state index in [1.165, 1.54) is 0 Å². The Labute approximate surface area is 217 Å². The lowest BCUT2D eigenvalue weighted by atomic mass is 9.87. The predicted molar refractivity (Wildman–Crippen MR) is 142 cm³/mol. The highest BCUT2D eigenvalue weighted by Gasteiger charge is 2.34. The van der Waals surface area contributed by atoms with E-state index in [9.17, 15) is 4.79 Å². The van der Waals surface area contributed by atoms with Gasteiger partial charge in [0.1, 0.15) is 6.07 Å². The summed E-state index contributed by atoms with van der Waals surface area (Å²) in [4.78, 5) is 13.9. The predicted octanol–water partition coefficient (Wildman–Crippen LogP) is 5.56. The van der Waals surface area contributed by atoms with E-state index in [0.29, 0.717) is 44.5 Å². The number of ketones is 1. The number of nitrogens with zero attached hydrogens (tertiary/aromatic N) is 1. The summed E-state index contributed by atoms with van der Waals surface area (Å²) in [5.74, 6) is 0.773. The van der Waals surface area contributed by atoms with Gasteiger partial charge in [-0.05, 0) is 42.4 Å². The van der Waals surface area contributed by atoms with Gasteiger partial charge in [-0.1, -0.05) is 76.6 Å². The van der Waals surface area contributed by atoms with E-state index in [-0.39, 0.29) is 12.4 Å². The van der Waals surface area contributed by atoms with E-state index in [2.05, 4.69) is 26.6 Å². The fraction of sp³-hybridized carbons (Fsp3) is 0.148.